The van der Waals surface area contributed by atoms with E-state index in [9.17, 15) is 5.11 Å². The Morgan fingerprint density at radius 3 is 2.35 bits per heavy atom. The van der Waals surface area contributed by atoms with Gasteiger partial charge >= 0.3 is 0 Å². The minimum Gasteiger partial charge on any atom is -0.394 e. The Kier molecular flexibility index (Phi) is 5.97. The lowest BCUT2D eigenvalue weighted by atomic mass is 10.2. The minimum atomic E-state index is -0.711. The Bertz CT molecular complexity index is 312. The largest absolute Gasteiger partial charge is 0.394 e. The third-order valence-corrected chi connectivity index (χ3v) is 2.42. The predicted octanol–water partition coefficient (Wildman–Crippen LogP) is 0.950. The highest BCUT2D eigenvalue weighted by Gasteiger charge is 2.01. The minimum absolute atomic E-state index is 0.219. The SMILES string of the molecule is CC(C)NCc1ccc(NCC(O)CO)cc1. The molecule has 4 heteroatoms. The number of hydrogen-bond donors (Lipinski definition) is 4. The summed E-state index contributed by atoms with van der Waals surface area (Å²) in [5.74, 6) is 0. The summed E-state index contributed by atoms with van der Waals surface area (Å²) in [6, 6.07) is 8.52. The zero-order valence-electron chi connectivity index (χ0n) is 10.5. The lowest BCUT2D eigenvalue weighted by Crippen LogP contribution is -2.23. The van der Waals surface area contributed by atoms with Gasteiger partial charge in [0.25, 0.3) is 0 Å². The van der Waals surface area contributed by atoms with Crippen LogP contribution >= 0.6 is 0 Å². The summed E-state index contributed by atoms with van der Waals surface area (Å²) in [6.07, 6.45) is -0.711. The van der Waals surface area contributed by atoms with E-state index in [1.807, 2.05) is 24.3 Å². The molecule has 1 aromatic carbocycles. The molecule has 0 spiro atoms. The number of rotatable bonds is 7. The zero-order chi connectivity index (χ0) is 12.7. The van der Waals surface area contributed by atoms with Crippen molar-refractivity contribution >= 4 is 5.69 Å². The van der Waals surface area contributed by atoms with Crippen LogP contribution in [0.3, 0.4) is 0 Å². The molecular weight excluding hydrogens is 216 g/mol. The van der Waals surface area contributed by atoms with Crippen LogP contribution in [-0.4, -0.2) is 35.5 Å². The molecule has 96 valence electrons. The number of hydrogen-bond acceptors (Lipinski definition) is 4. The third-order valence-electron chi connectivity index (χ3n) is 2.42. The number of benzene rings is 1. The maximum Gasteiger partial charge on any atom is 0.0942 e. The topological polar surface area (TPSA) is 64.5 Å². The fourth-order valence-corrected chi connectivity index (χ4v) is 1.36. The van der Waals surface area contributed by atoms with Gasteiger partial charge in [0.2, 0.25) is 0 Å². The highest BCUT2D eigenvalue weighted by atomic mass is 16.3. The van der Waals surface area contributed by atoms with Crippen LogP contribution in [-0.2, 0) is 6.54 Å². The Morgan fingerprint density at radius 1 is 1.18 bits per heavy atom. The average Bonchev–Trinajstić information content (AvgIpc) is 2.34. The molecule has 0 heterocycles. The van der Waals surface area contributed by atoms with E-state index in [1.165, 1.54) is 5.56 Å². The maximum atomic E-state index is 9.20. The van der Waals surface area contributed by atoms with Crippen LogP contribution in [0.5, 0.6) is 0 Å². The van der Waals surface area contributed by atoms with Gasteiger partial charge in [-0.3, -0.25) is 0 Å². The summed E-state index contributed by atoms with van der Waals surface area (Å²) in [5.41, 5.74) is 2.18. The van der Waals surface area contributed by atoms with Gasteiger partial charge in [0.1, 0.15) is 0 Å². The Balaban J connectivity index is 2.39. The van der Waals surface area contributed by atoms with E-state index in [0.29, 0.717) is 12.6 Å². The Labute approximate surface area is 103 Å². The van der Waals surface area contributed by atoms with Gasteiger partial charge in [0.15, 0.2) is 0 Å². The standard InChI is InChI=1S/C13H22N2O2/c1-10(2)14-7-11-3-5-12(6-4-11)15-8-13(17)9-16/h3-6,10,13-17H,7-9H2,1-2H3. The molecule has 0 aliphatic rings. The number of nitrogens with one attached hydrogen (secondary N) is 2. The molecule has 17 heavy (non-hydrogen) atoms. The van der Waals surface area contributed by atoms with Gasteiger partial charge in [-0.15, -0.1) is 0 Å². The summed E-state index contributed by atoms with van der Waals surface area (Å²) in [4.78, 5) is 0. The summed E-state index contributed by atoms with van der Waals surface area (Å²) in [5, 5.41) is 24.3. The van der Waals surface area contributed by atoms with Crippen LogP contribution in [0.4, 0.5) is 5.69 Å². The summed E-state index contributed by atoms with van der Waals surface area (Å²) in [7, 11) is 0. The summed E-state index contributed by atoms with van der Waals surface area (Å²) >= 11 is 0. The van der Waals surface area contributed by atoms with Crippen molar-refractivity contribution in [3.8, 4) is 0 Å². The second-order valence-electron chi connectivity index (χ2n) is 4.45. The third kappa shape index (κ3) is 5.68. The highest BCUT2D eigenvalue weighted by Crippen LogP contribution is 2.09. The van der Waals surface area contributed by atoms with Crippen molar-refractivity contribution in [1.29, 1.82) is 0 Å². The first kappa shape index (κ1) is 14.0. The highest BCUT2D eigenvalue weighted by molar-refractivity contribution is 5.44. The molecule has 0 bridgehead atoms. The number of aliphatic hydroxyl groups is 2. The van der Waals surface area contributed by atoms with Crippen molar-refractivity contribution < 1.29 is 10.2 Å². The first-order valence-electron chi connectivity index (χ1n) is 5.97. The molecule has 1 atom stereocenters. The van der Waals surface area contributed by atoms with Crippen molar-refractivity contribution in [1.82, 2.24) is 5.32 Å². The van der Waals surface area contributed by atoms with E-state index in [1.54, 1.807) is 0 Å². The van der Waals surface area contributed by atoms with Crippen molar-refractivity contribution in [3.05, 3.63) is 29.8 Å². The molecule has 4 nitrogen and oxygen atoms in total. The molecule has 1 aromatic rings. The second-order valence-corrected chi connectivity index (χ2v) is 4.45. The Morgan fingerprint density at radius 2 is 1.82 bits per heavy atom. The van der Waals surface area contributed by atoms with Gasteiger partial charge < -0.3 is 20.8 Å². The predicted molar refractivity (Wildman–Crippen MR) is 70.0 cm³/mol. The van der Waals surface area contributed by atoms with Crippen molar-refractivity contribution in [2.24, 2.45) is 0 Å². The van der Waals surface area contributed by atoms with Gasteiger partial charge in [0.05, 0.1) is 12.7 Å². The normalized spacial score (nSPS) is 12.8. The molecule has 0 amide bonds. The summed E-state index contributed by atoms with van der Waals surface area (Å²) in [6.45, 7) is 5.24. The average molecular weight is 238 g/mol. The molecule has 0 aliphatic heterocycles. The zero-order valence-corrected chi connectivity index (χ0v) is 10.5. The number of anilines is 1. The van der Waals surface area contributed by atoms with Gasteiger partial charge in [-0.1, -0.05) is 26.0 Å². The first-order chi connectivity index (χ1) is 8.11. The molecule has 4 N–H and O–H groups in total. The van der Waals surface area contributed by atoms with E-state index in [4.69, 9.17) is 5.11 Å². The monoisotopic (exact) mass is 238 g/mol. The fraction of sp³-hybridized carbons (Fsp3) is 0.538. The van der Waals surface area contributed by atoms with Crippen LogP contribution in [0.15, 0.2) is 24.3 Å². The molecular formula is C13H22N2O2. The van der Waals surface area contributed by atoms with Crippen LogP contribution in [0.1, 0.15) is 19.4 Å². The molecule has 1 unspecified atom stereocenters. The molecule has 0 saturated heterocycles. The van der Waals surface area contributed by atoms with Gasteiger partial charge in [-0.2, -0.15) is 0 Å². The Hall–Kier alpha value is -1.10. The van der Waals surface area contributed by atoms with Crippen molar-refractivity contribution in [2.45, 2.75) is 32.5 Å². The summed E-state index contributed by atoms with van der Waals surface area (Å²) < 4.78 is 0. The molecule has 0 fully saturated rings. The quantitative estimate of drug-likeness (QED) is 0.571. The molecule has 0 aromatic heterocycles. The van der Waals surface area contributed by atoms with E-state index in [-0.39, 0.29) is 6.61 Å². The van der Waals surface area contributed by atoms with Gasteiger partial charge in [-0.25, -0.2) is 0 Å². The molecule has 1 rings (SSSR count). The van der Waals surface area contributed by atoms with Crippen molar-refractivity contribution in [2.75, 3.05) is 18.5 Å². The van der Waals surface area contributed by atoms with Crippen LogP contribution < -0.4 is 10.6 Å². The molecule has 0 aliphatic carbocycles. The smallest absolute Gasteiger partial charge is 0.0942 e. The lowest BCUT2D eigenvalue weighted by molar-refractivity contribution is 0.105. The molecule has 0 radical (unpaired) electrons. The fourth-order valence-electron chi connectivity index (χ4n) is 1.36. The van der Waals surface area contributed by atoms with Crippen molar-refractivity contribution in [3.63, 3.8) is 0 Å². The number of aliphatic hydroxyl groups excluding tert-OH is 2. The van der Waals surface area contributed by atoms with Crippen LogP contribution in [0.25, 0.3) is 0 Å². The van der Waals surface area contributed by atoms with E-state index in [0.717, 1.165) is 12.2 Å². The van der Waals surface area contributed by atoms with E-state index < -0.39 is 6.10 Å². The second kappa shape index (κ2) is 7.27. The van der Waals surface area contributed by atoms with Crippen LogP contribution in [0.2, 0.25) is 0 Å². The van der Waals surface area contributed by atoms with E-state index >= 15 is 0 Å². The molecule has 0 saturated carbocycles. The van der Waals surface area contributed by atoms with Gasteiger partial charge in [0, 0.05) is 24.8 Å². The maximum absolute atomic E-state index is 9.20. The van der Waals surface area contributed by atoms with Gasteiger partial charge in [-0.05, 0) is 17.7 Å². The van der Waals surface area contributed by atoms with E-state index in [2.05, 4.69) is 24.5 Å². The first-order valence-corrected chi connectivity index (χ1v) is 5.97. The van der Waals surface area contributed by atoms with Crippen LogP contribution in [0, 0.1) is 0 Å². The lowest BCUT2D eigenvalue weighted by Gasteiger charge is -2.11.